The zero-order valence-corrected chi connectivity index (χ0v) is 10.9. The summed E-state index contributed by atoms with van der Waals surface area (Å²) in [6.45, 7) is 3.35. The van der Waals surface area contributed by atoms with Gasteiger partial charge in [0.1, 0.15) is 10.9 Å². The molecule has 0 atom stereocenters. The van der Waals surface area contributed by atoms with E-state index in [1.54, 1.807) is 6.07 Å². The van der Waals surface area contributed by atoms with E-state index in [0.29, 0.717) is 10.0 Å². The fourth-order valence-electron chi connectivity index (χ4n) is 1.35. The summed E-state index contributed by atoms with van der Waals surface area (Å²) >= 11 is 2.85. The van der Waals surface area contributed by atoms with Gasteiger partial charge in [-0.15, -0.1) is 11.3 Å². The molecular formula is C11H9N3OS2. The van der Waals surface area contributed by atoms with Gasteiger partial charge < -0.3 is 5.32 Å². The van der Waals surface area contributed by atoms with E-state index < -0.39 is 0 Å². The Hall–Kier alpha value is -1.71. The minimum absolute atomic E-state index is 0.130. The van der Waals surface area contributed by atoms with Gasteiger partial charge in [-0.3, -0.25) is 4.79 Å². The number of anilines is 1. The van der Waals surface area contributed by atoms with Crippen LogP contribution in [0.1, 0.15) is 17.5 Å². The van der Waals surface area contributed by atoms with Crippen LogP contribution in [0, 0.1) is 18.3 Å². The lowest BCUT2D eigenvalue weighted by Gasteiger charge is -1.92. The molecule has 1 N–H and O–H groups in total. The van der Waals surface area contributed by atoms with Crippen LogP contribution in [0.15, 0.2) is 12.1 Å². The van der Waals surface area contributed by atoms with Crippen LogP contribution in [0.5, 0.6) is 0 Å². The summed E-state index contributed by atoms with van der Waals surface area (Å²) in [7, 11) is 0. The molecule has 1 amide bonds. The van der Waals surface area contributed by atoms with Crippen molar-refractivity contribution in [3.63, 3.8) is 0 Å². The van der Waals surface area contributed by atoms with Crippen molar-refractivity contribution in [2.24, 2.45) is 0 Å². The summed E-state index contributed by atoms with van der Waals surface area (Å²) in [5.41, 5.74) is 0.866. The first-order chi connectivity index (χ1) is 8.10. The molecule has 2 aromatic heterocycles. The van der Waals surface area contributed by atoms with Crippen molar-refractivity contribution in [1.82, 2.24) is 4.98 Å². The summed E-state index contributed by atoms with van der Waals surface area (Å²) < 4.78 is 0. The number of nitriles is 1. The highest BCUT2D eigenvalue weighted by Gasteiger charge is 2.12. The van der Waals surface area contributed by atoms with Crippen LogP contribution in [0.3, 0.4) is 0 Å². The summed E-state index contributed by atoms with van der Waals surface area (Å²) in [6, 6.07) is 5.80. The number of nitrogens with one attached hydrogen (secondary N) is 1. The highest BCUT2D eigenvalue weighted by atomic mass is 32.1. The van der Waals surface area contributed by atoms with Crippen molar-refractivity contribution in [2.45, 2.75) is 13.8 Å². The van der Waals surface area contributed by atoms with Crippen LogP contribution in [0.25, 0.3) is 9.75 Å². The molecule has 0 unspecified atom stereocenters. The second-order valence-corrected chi connectivity index (χ2v) is 5.47. The van der Waals surface area contributed by atoms with Crippen molar-refractivity contribution in [3.05, 3.63) is 22.7 Å². The van der Waals surface area contributed by atoms with Gasteiger partial charge in [0.25, 0.3) is 0 Å². The molecule has 4 nitrogen and oxygen atoms in total. The number of aromatic nitrogens is 1. The molecule has 6 heteroatoms. The van der Waals surface area contributed by atoms with Crippen LogP contribution in [0.4, 0.5) is 5.13 Å². The SMILES string of the molecule is CC(=O)[15NH]c1[15n]c(C)c(-c2ccc(C#[15N])s2)s1. The third-order valence-corrected chi connectivity index (χ3v) is 4.26. The molecule has 2 aromatic rings. The molecule has 0 fully saturated rings. The van der Waals surface area contributed by atoms with Crippen molar-refractivity contribution < 1.29 is 4.79 Å². The summed E-state index contributed by atoms with van der Waals surface area (Å²) in [4.78, 5) is 17.9. The molecule has 86 valence electrons. The van der Waals surface area contributed by atoms with Crippen molar-refractivity contribution >= 4 is 33.7 Å². The normalized spacial score (nSPS) is 9.94. The fraction of sp³-hybridized carbons (Fsp3) is 0.182. The minimum atomic E-state index is -0.130. The number of hydrogen-bond acceptors (Lipinski definition) is 5. The standard InChI is InChI=1S/C11H9N3OS2/c1-6-10(9-4-3-8(5-12)16-9)17-11(13-6)14-7(2)15/h3-4H,1-2H3,(H,13,14,15)/i12+1,13+1,14+1. The number of carbonyl (C=O) groups excluding carboxylic acids is 1. The lowest BCUT2D eigenvalue weighted by Crippen LogP contribution is -2.04. The maximum Gasteiger partial charge on any atom is 0.223 e. The number of hydrogen-bond donors (Lipinski definition) is 1. The van der Waals surface area contributed by atoms with Gasteiger partial charge in [0.05, 0.1) is 10.6 Å². The number of amides is 1. The summed E-state index contributed by atoms with van der Waals surface area (Å²) in [5.74, 6) is -0.130. The third kappa shape index (κ3) is 2.52. The number of thiazole rings is 1. The second-order valence-electron chi connectivity index (χ2n) is 3.39. The first kappa shape index (κ1) is 11.8. The Bertz CT molecular complexity index is 607. The molecule has 2 rings (SSSR count). The van der Waals surface area contributed by atoms with Crippen LogP contribution in [-0.4, -0.2) is 10.9 Å². The molecule has 0 aromatic carbocycles. The van der Waals surface area contributed by atoms with E-state index in [1.165, 1.54) is 29.6 Å². The lowest BCUT2D eigenvalue weighted by atomic mass is 10.3. The van der Waals surface area contributed by atoms with Gasteiger partial charge in [-0.25, -0.2) is 4.98 Å². The Kier molecular flexibility index (Phi) is 3.22. The van der Waals surface area contributed by atoms with E-state index >= 15 is 0 Å². The number of carbonyl (C=O) groups is 1. The van der Waals surface area contributed by atoms with Crippen LogP contribution >= 0.6 is 22.7 Å². The predicted octanol–water partition coefficient (Wildman–Crippen LogP) is 3.01. The second kappa shape index (κ2) is 4.65. The van der Waals surface area contributed by atoms with Gasteiger partial charge in [0.2, 0.25) is 5.91 Å². The quantitative estimate of drug-likeness (QED) is 0.850. The molecule has 0 radical (unpaired) electrons. The van der Waals surface area contributed by atoms with Crippen molar-refractivity contribution in [1.29, 1.82) is 5.26 Å². The Morgan fingerprint density at radius 3 is 2.82 bits per heavy atom. The molecule has 0 saturated carbocycles. The van der Waals surface area contributed by atoms with E-state index in [1.807, 2.05) is 13.0 Å². The van der Waals surface area contributed by atoms with E-state index in [4.69, 9.17) is 5.26 Å². The average molecular weight is 266 g/mol. The van der Waals surface area contributed by atoms with Gasteiger partial charge in [-0.1, -0.05) is 11.3 Å². The van der Waals surface area contributed by atoms with Crippen LogP contribution in [0.2, 0.25) is 0 Å². The maximum absolute atomic E-state index is 10.9. The molecule has 0 aliphatic heterocycles. The molecule has 0 aliphatic carbocycles. The van der Waals surface area contributed by atoms with Crippen LogP contribution in [-0.2, 0) is 4.79 Å². The van der Waals surface area contributed by atoms with Gasteiger partial charge in [0.15, 0.2) is 5.13 Å². The summed E-state index contributed by atoms with van der Waals surface area (Å²) in [5, 5.41) is 12.0. The highest BCUT2D eigenvalue weighted by molar-refractivity contribution is 7.24. The van der Waals surface area contributed by atoms with E-state index in [0.717, 1.165) is 15.4 Å². The Labute approximate surface area is 107 Å². The fourth-order valence-corrected chi connectivity index (χ4v) is 3.33. The van der Waals surface area contributed by atoms with Gasteiger partial charge in [-0.2, -0.15) is 5.26 Å². The zero-order valence-electron chi connectivity index (χ0n) is 9.27. The van der Waals surface area contributed by atoms with Crippen LogP contribution < -0.4 is 5.32 Å². The Morgan fingerprint density at radius 2 is 2.24 bits per heavy atom. The topological polar surface area (TPSA) is 65.8 Å². The first-order valence-corrected chi connectivity index (χ1v) is 6.49. The smallest absolute Gasteiger partial charge is 0.223 e. The molecule has 0 aliphatic rings. The van der Waals surface area contributed by atoms with Gasteiger partial charge >= 0.3 is 0 Å². The number of nitrogens with zero attached hydrogens (tertiary/aromatic N) is 2. The average Bonchev–Trinajstić information content (AvgIpc) is 2.83. The van der Waals surface area contributed by atoms with Gasteiger partial charge in [0, 0.05) is 11.8 Å². The van der Waals surface area contributed by atoms with Crippen molar-refractivity contribution in [3.8, 4) is 15.8 Å². The first-order valence-electron chi connectivity index (χ1n) is 4.85. The lowest BCUT2D eigenvalue weighted by molar-refractivity contribution is -0.114. The number of thiophene rings is 1. The van der Waals surface area contributed by atoms with Crippen molar-refractivity contribution in [2.75, 3.05) is 5.32 Å². The van der Waals surface area contributed by atoms with Gasteiger partial charge in [-0.05, 0) is 19.1 Å². The molecule has 0 bridgehead atoms. The van der Waals surface area contributed by atoms with E-state index in [2.05, 4.69) is 16.4 Å². The highest BCUT2D eigenvalue weighted by Crippen LogP contribution is 2.36. The maximum atomic E-state index is 10.9. The Balaban J connectivity index is 2.36. The van der Waals surface area contributed by atoms with E-state index in [9.17, 15) is 4.79 Å². The predicted molar refractivity (Wildman–Crippen MR) is 69.2 cm³/mol. The third-order valence-electron chi connectivity index (χ3n) is 2.02. The minimum Gasteiger partial charge on any atom is -0.302 e. The molecule has 0 saturated heterocycles. The molecule has 0 spiro atoms. The number of rotatable bonds is 2. The molecule has 2 heterocycles. The Morgan fingerprint density at radius 1 is 1.47 bits per heavy atom. The number of aryl methyl sites for hydroxylation is 1. The summed E-state index contributed by atoms with van der Waals surface area (Å²) in [6.07, 6.45) is 0. The zero-order chi connectivity index (χ0) is 12.4. The monoisotopic (exact) mass is 266 g/mol. The largest absolute Gasteiger partial charge is 0.302 e. The molecule has 17 heavy (non-hydrogen) atoms. The van der Waals surface area contributed by atoms with E-state index in [-0.39, 0.29) is 5.91 Å². The molecular weight excluding hydrogens is 257 g/mol.